The molecule has 1 aromatic carbocycles. The number of hydrogen-bond acceptors (Lipinski definition) is 5. The molecule has 1 aliphatic heterocycles. The molecule has 0 atom stereocenters. The van der Waals surface area contributed by atoms with Gasteiger partial charge in [0.25, 0.3) is 17.6 Å². The van der Waals surface area contributed by atoms with Crippen LogP contribution in [0.5, 0.6) is 0 Å². The number of aryl methyl sites for hydroxylation is 2. The molecule has 0 saturated heterocycles. The highest BCUT2D eigenvalue weighted by atomic mass is 35.5. The number of aromatic nitrogens is 4. The Bertz CT molecular complexity index is 1610. The monoisotopic (exact) mass is 522 g/mol. The third kappa shape index (κ3) is 4.17. The smallest absolute Gasteiger partial charge is 0.294 e. The molecule has 0 aliphatic carbocycles. The average Bonchev–Trinajstić information content (AvgIpc) is 3.42. The fourth-order valence-electron chi connectivity index (χ4n) is 4.64. The fraction of sp³-hybridized carbons (Fsp3) is 0.269. The van der Waals surface area contributed by atoms with Gasteiger partial charge in [0, 0.05) is 51.4 Å². The first-order chi connectivity index (χ1) is 17.6. The van der Waals surface area contributed by atoms with Crippen LogP contribution in [0.3, 0.4) is 0 Å². The Hall–Kier alpha value is -4.05. The van der Waals surface area contributed by atoms with Gasteiger partial charge in [0.1, 0.15) is 22.4 Å². The van der Waals surface area contributed by atoms with Crippen molar-refractivity contribution in [1.82, 2.24) is 28.9 Å². The van der Waals surface area contributed by atoms with E-state index in [2.05, 4.69) is 9.97 Å². The number of amides is 2. The lowest BCUT2D eigenvalue weighted by Gasteiger charge is -2.29. The van der Waals surface area contributed by atoms with Crippen LogP contribution in [-0.4, -0.2) is 67.1 Å². The Morgan fingerprint density at radius 1 is 1.11 bits per heavy atom. The molecule has 1 aliphatic rings. The minimum absolute atomic E-state index is 0.0124. The minimum atomic E-state index is -0.691. The molecule has 2 amide bonds. The first-order valence-electron chi connectivity index (χ1n) is 11.6. The predicted octanol–water partition coefficient (Wildman–Crippen LogP) is 3.46. The average molecular weight is 523 g/mol. The van der Waals surface area contributed by atoms with Crippen LogP contribution in [0.15, 0.2) is 36.7 Å². The Morgan fingerprint density at radius 2 is 1.86 bits per heavy atom. The number of carbonyl (C=O) groups is 3. The Morgan fingerprint density at radius 3 is 2.57 bits per heavy atom. The van der Waals surface area contributed by atoms with Crippen LogP contribution in [-0.2, 0) is 24.9 Å². The van der Waals surface area contributed by atoms with Crippen molar-refractivity contribution in [3.05, 3.63) is 70.0 Å². The van der Waals surface area contributed by atoms with Crippen molar-refractivity contribution in [1.29, 1.82) is 0 Å². The van der Waals surface area contributed by atoms with Gasteiger partial charge in [-0.1, -0.05) is 11.6 Å². The summed E-state index contributed by atoms with van der Waals surface area (Å²) in [7, 11) is 4.69. The summed E-state index contributed by atoms with van der Waals surface area (Å²) in [5, 5.41) is 0.393. The summed E-state index contributed by atoms with van der Waals surface area (Å²) in [4.78, 5) is 50.4. The van der Waals surface area contributed by atoms with Crippen molar-refractivity contribution < 1.29 is 18.8 Å². The molecule has 0 bridgehead atoms. The lowest BCUT2D eigenvalue weighted by atomic mass is 10.1. The van der Waals surface area contributed by atoms with Crippen molar-refractivity contribution in [2.24, 2.45) is 7.05 Å². The van der Waals surface area contributed by atoms with E-state index in [0.29, 0.717) is 30.7 Å². The number of likely N-dealkylation sites (N-methyl/N-ethyl adjacent to an activating group) is 1. The van der Waals surface area contributed by atoms with Crippen LogP contribution in [0.2, 0.25) is 5.15 Å². The number of halogens is 2. The van der Waals surface area contributed by atoms with Crippen LogP contribution in [0.25, 0.3) is 22.4 Å². The zero-order valence-corrected chi connectivity index (χ0v) is 21.5. The summed E-state index contributed by atoms with van der Waals surface area (Å²) in [5.74, 6) is -1.29. The second-order valence-electron chi connectivity index (χ2n) is 9.29. The summed E-state index contributed by atoms with van der Waals surface area (Å²) >= 11 is 6.43. The van der Waals surface area contributed by atoms with Gasteiger partial charge in [-0.25, -0.2) is 14.4 Å². The molecular weight excluding hydrogens is 499 g/mol. The van der Waals surface area contributed by atoms with Crippen LogP contribution in [0, 0.1) is 12.7 Å². The SMILES string of the molecule is Cc1cc(F)ccc1-c1ncc2n1CCN(C(=O)c1cc3c(C(=O)C(=O)N(C)C)cn(C)c3nc1Cl)C2. The highest BCUT2D eigenvalue weighted by Crippen LogP contribution is 2.30. The second kappa shape index (κ2) is 9.11. The van der Waals surface area contributed by atoms with Gasteiger partial charge in [-0.3, -0.25) is 14.4 Å². The Kier molecular flexibility index (Phi) is 6.07. The van der Waals surface area contributed by atoms with Gasteiger partial charge < -0.3 is 18.9 Å². The number of nitrogens with zero attached hydrogens (tertiary/aromatic N) is 6. The van der Waals surface area contributed by atoms with E-state index in [-0.39, 0.29) is 28.0 Å². The summed E-state index contributed by atoms with van der Waals surface area (Å²) in [6.07, 6.45) is 3.23. The number of imidazole rings is 1. The largest absolute Gasteiger partial charge is 0.342 e. The van der Waals surface area contributed by atoms with Gasteiger partial charge in [-0.15, -0.1) is 0 Å². The van der Waals surface area contributed by atoms with Gasteiger partial charge >= 0.3 is 0 Å². The van der Waals surface area contributed by atoms with Crippen molar-refractivity contribution in [2.75, 3.05) is 20.6 Å². The number of pyridine rings is 1. The van der Waals surface area contributed by atoms with Crippen LogP contribution >= 0.6 is 11.6 Å². The number of rotatable bonds is 4. The molecule has 0 saturated carbocycles. The molecule has 0 fully saturated rings. The van der Waals surface area contributed by atoms with E-state index in [1.165, 1.54) is 43.4 Å². The zero-order chi connectivity index (χ0) is 26.6. The molecule has 5 rings (SSSR count). The first kappa shape index (κ1) is 24.6. The molecule has 9 nitrogen and oxygen atoms in total. The van der Waals surface area contributed by atoms with Gasteiger partial charge in [-0.2, -0.15) is 0 Å². The van der Waals surface area contributed by atoms with E-state index in [4.69, 9.17) is 11.6 Å². The van der Waals surface area contributed by atoms with E-state index in [1.54, 1.807) is 28.8 Å². The molecule has 190 valence electrons. The molecule has 0 N–H and O–H groups in total. The maximum Gasteiger partial charge on any atom is 0.294 e. The molecule has 0 radical (unpaired) electrons. The fourth-order valence-corrected chi connectivity index (χ4v) is 4.86. The van der Waals surface area contributed by atoms with Crippen LogP contribution in [0.4, 0.5) is 4.39 Å². The Balaban J connectivity index is 1.47. The number of fused-ring (bicyclic) bond motifs is 2. The molecule has 0 unspecified atom stereocenters. The lowest BCUT2D eigenvalue weighted by molar-refractivity contribution is -0.124. The first-order valence-corrected chi connectivity index (χ1v) is 12.0. The number of hydrogen-bond donors (Lipinski definition) is 0. The van der Waals surface area contributed by atoms with E-state index >= 15 is 0 Å². The van der Waals surface area contributed by atoms with Gasteiger partial charge in [-0.05, 0) is 36.8 Å². The molecule has 0 spiro atoms. The van der Waals surface area contributed by atoms with E-state index in [1.807, 2.05) is 11.5 Å². The molecular formula is C26H24ClFN6O3. The summed E-state index contributed by atoms with van der Waals surface area (Å²) in [6, 6.07) is 6.11. The molecule has 4 aromatic rings. The highest BCUT2D eigenvalue weighted by Gasteiger charge is 2.29. The predicted molar refractivity (Wildman–Crippen MR) is 136 cm³/mol. The summed E-state index contributed by atoms with van der Waals surface area (Å²) in [5.41, 5.74) is 3.14. The van der Waals surface area contributed by atoms with E-state index < -0.39 is 11.7 Å². The van der Waals surface area contributed by atoms with E-state index in [9.17, 15) is 18.8 Å². The lowest BCUT2D eigenvalue weighted by Crippen LogP contribution is -2.38. The van der Waals surface area contributed by atoms with E-state index in [0.717, 1.165) is 22.6 Å². The molecule has 37 heavy (non-hydrogen) atoms. The van der Waals surface area contributed by atoms with Crippen LogP contribution in [0.1, 0.15) is 32.0 Å². The van der Waals surface area contributed by atoms with Gasteiger partial charge in [0.15, 0.2) is 0 Å². The minimum Gasteiger partial charge on any atom is -0.342 e. The van der Waals surface area contributed by atoms with Gasteiger partial charge in [0.05, 0.1) is 29.6 Å². The zero-order valence-electron chi connectivity index (χ0n) is 20.7. The summed E-state index contributed by atoms with van der Waals surface area (Å²) in [6.45, 7) is 3.01. The number of benzene rings is 1. The molecule has 11 heteroatoms. The van der Waals surface area contributed by atoms with Crippen molar-refractivity contribution in [2.45, 2.75) is 20.0 Å². The molecule has 3 aromatic heterocycles. The molecule has 4 heterocycles. The normalized spacial score (nSPS) is 13.1. The third-order valence-corrected chi connectivity index (χ3v) is 6.87. The van der Waals surface area contributed by atoms with Crippen LogP contribution < -0.4 is 0 Å². The van der Waals surface area contributed by atoms with Crippen molar-refractivity contribution in [3.63, 3.8) is 0 Å². The van der Waals surface area contributed by atoms with Gasteiger partial charge in [0.2, 0.25) is 0 Å². The van der Waals surface area contributed by atoms with Crippen molar-refractivity contribution in [3.8, 4) is 11.4 Å². The number of carbonyl (C=O) groups excluding carboxylic acids is 3. The van der Waals surface area contributed by atoms with Crippen molar-refractivity contribution >= 4 is 40.2 Å². The highest BCUT2D eigenvalue weighted by molar-refractivity contribution is 6.45. The maximum atomic E-state index is 13.6. The number of ketones is 1. The topological polar surface area (TPSA) is 93.3 Å². The quantitative estimate of drug-likeness (QED) is 0.232. The number of Topliss-reactive ketones (excluding diaryl/α,β-unsaturated/α-hetero) is 1. The standard InChI is InChI=1S/C26H24ClFN6O3/c1-14-9-15(28)5-6-17(14)23-29-11-16-12-33(7-8-34(16)23)25(36)19-10-18-20(21(35)26(37)31(2)3)13-32(4)24(18)30-22(19)27/h5-6,9-11,13H,7-8,12H2,1-4H3. The summed E-state index contributed by atoms with van der Waals surface area (Å²) < 4.78 is 17.2. The third-order valence-electron chi connectivity index (χ3n) is 6.58. The second-order valence-corrected chi connectivity index (χ2v) is 9.65. The maximum absolute atomic E-state index is 13.6. The Labute approximate surface area is 217 Å².